The van der Waals surface area contributed by atoms with Gasteiger partial charge in [0.15, 0.2) is 5.92 Å². The number of aryl methyl sites for hydroxylation is 1. The van der Waals surface area contributed by atoms with Crippen LogP contribution in [0.4, 0.5) is 5.69 Å². The molecule has 0 amide bonds. The maximum Gasteiger partial charge on any atom is 0.329 e. The van der Waals surface area contributed by atoms with E-state index in [9.17, 15) is 14.9 Å². The summed E-state index contributed by atoms with van der Waals surface area (Å²) in [4.78, 5) is 21.5. The maximum absolute atomic E-state index is 11.5. The van der Waals surface area contributed by atoms with E-state index in [4.69, 9.17) is 5.26 Å². The van der Waals surface area contributed by atoms with Gasteiger partial charge in [-0.05, 0) is 6.92 Å². The van der Waals surface area contributed by atoms with Crippen LogP contribution in [0.25, 0.3) is 0 Å². The van der Waals surface area contributed by atoms with Gasteiger partial charge in [-0.2, -0.15) is 10.4 Å². The predicted molar refractivity (Wildman–Crippen MR) is 54.8 cm³/mol. The summed E-state index contributed by atoms with van der Waals surface area (Å²) in [7, 11) is 1.42. The minimum Gasteiger partial charge on any atom is -0.465 e. The molecule has 0 saturated carbocycles. The second-order valence-corrected chi connectivity index (χ2v) is 3.11. The number of carbonyl (C=O) groups excluding carboxylic acids is 1. The highest BCUT2D eigenvalue weighted by molar-refractivity contribution is 5.82. The van der Waals surface area contributed by atoms with Crippen molar-refractivity contribution in [1.82, 2.24) is 9.78 Å². The van der Waals surface area contributed by atoms with Crippen molar-refractivity contribution in [2.45, 2.75) is 12.8 Å². The molecule has 8 heteroatoms. The van der Waals surface area contributed by atoms with Crippen molar-refractivity contribution in [2.24, 2.45) is 7.05 Å². The number of nitro groups is 1. The molecule has 0 N–H and O–H groups in total. The zero-order valence-electron chi connectivity index (χ0n) is 9.28. The smallest absolute Gasteiger partial charge is 0.329 e. The molecule has 90 valence electrons. The predicted octanol–water partition coefficient (Wildman–Crippen LogP) is 0.499. The highest BCUT2D eigenvalue weighted by atomic mass is 16.6. The molecular formula is C9H10N4O4. The SMILES string of the molecule is CCOC(=O)C(C#N)c1c([N+](=O)[O-])cnn1C. The Kier molecular flexibility index (Phi) is 3.77. The molecule has 1 aromatic rings. The van der Waals surface area contributed by atoms with Crippen LogP contribution < -0.4 is 0 Å². The van der Waals surface area contributed by atoms with Crippen LogP contribution in [-0.4, -0.2) is 27.3 Å². The van der Waals surface area contributed by atoms with E-state index in [1.54, 1.807) is 13.0 Å². The monoisotopic (exact) mass is 238 g/mol. The molecule has 0 bridgehead atoms. The lowest BCUT2D eigenvalue weighted by atomic mass is 10.1. The lowest BCUT2D eigenvalue weighted by molar-refractivity contribution is -0.385. The van der Waals surface area contributed by atoms with Crippen molar-refractivity contribution in [3.05, 3.63) is 22.0 Å². The molecule has 0 aliphatic carbocycles. The molecule has 1 rings (SSSR count). The molecule has 1 unspecified atom stereocenters. The van der Waals surface area contributed by atoms with Gasteiger partial charge in [-0.15, -0.1) is 0 Å². The van der Waals surface area contributed by atoms with Crippen LogP contribution in [0.15, 0.2) is 6.20 Å². The van der Waals surface area contributed by atoms with E-state index in [-0.39, 0.29) is 18.0 Å². The first kappa shape index (κ1) is 12.6. The number of ether oxygens (including phenoxy) is 1. The summed E-state index contributed by atoms with van der Waals surface area (Å²) in [6, 6.07) is 1.69. The third-order valence-corrected chi connectivity index (χ3v) is 2.09. The Hall–Kier alpha value is -2.43. The molecule has 0 aliphatic rings. The maximum atomic E-state index is 11.5. The van der Waals surface area contributed by atoms with Gasteiger partial charge in [0.25, 0.3) is 0 Å². The van der Waals surface area contributed by atoms with E-state index in [2.05, 4.69) is 9.84 Å². The van der Waals surface area contributed by atoms with Gasteiger partial charge >= 0.3 is 11.7 Å². The van der Waals surface area contributed by atoms with Gasteiger partial charge < -0.3 is 4.74 Å². The Labute approximate surface area is 96.5 Å². The average Bonchev–Trinajstić information content (AvgIpc) is 2.63. The summed E-state index contributed by atoms with van der Waals surface area (Å²) in [5, 5.41) is 23.3. The molecule has 0 aromatic carbocycles. The molecule has 0 radical (unpaired) electrons. The fraction of sp³-hybridized carbons (Fsp3) is 0.444. The van der Waals surface area contributed by atoms with Crippen molar-refractivity contribution >= 4 is 11.7 Å². The first-order valence-electron chi connectivity index (χ1n) is 4.75. The third kappa shape index (κ3) is 2.39. The number of nitriles is 1. The average molecular weight is 238 g/mol. The Morgan fingerprint density at radius 3 is 2.94 bits per heavy atom. The van der Waals surface area contributed by atoms with Crippen LogP contribution in [0.5, 0.6) is 0 Å². The van der Waals surface area contributed by atoms with E-state index in [1.807, 2.05) is 0 Å². The van der Waals surface area contributed by atoms with Crippen molar-refractivity contribution in [1.29, 1.82) is 5.26 Å². The van der Waals surface area contributed by atoms with E-state index in [0.29, 0.717) is 0 Å². The second kappa shape index (κ2) is 5.07. The summed E-state index contributed by atoms with van der Waals surface area (Å²) in [5.74, 6) is -2.16. The number of hydrogen-bond acceptors (Lipinski definition) is 6. The Morgan fingerprint density at radius 1 is 1.82 bits per heavy atom. The van der Waals surface area contributed by atoms with Gasteiger partial charge in [0.1, 0.15) is 11.9 Å². The lowest BCUT2D eigenvalue weighted by Crippen LogP contribution is -2.18. The largest absolute Gasteiger partial charge is 0.465 e. The molecule has 0 spiro atoms. The molecule has 1 heterocycles. The summed E-state index contributed by atoms with van der Waals surface area (Å²) < 4.78 is 5.81. The van der Waals surface area contributed by atoms with E-state index < -0.39 is 16.8 Å². The molecule has 0 aliphatic heterocycles. The van der Waals surface area contributed by atoms with Crippen LogP contribution in [0, 0.1) is 21.4 Å². The van der Waals surface area contributed by atoms with E-state index >= 15 is 0 Å². The van der Waals surface area contributed by atoms with Crippen LogP contribution in [0.1, 0.15) is 18.5 Å². The quantitative estimate of drug-likeness (QED) is 0.429. The minimum absolute atomic E-state index is 0.0732. The zero-order valence-corrected chi connectivity index (χ0v) is 9.28. The Morgan fingerprint density at radius 2 is 2.47 bits per heavy atom. The van der Waals surface area contributed by atoms with Crippen molar-refractivity contribution in [3.63, 3.8) is 0 Å². The van der Waals surface area contributed by atoms with Crippen LogP contribution in [0.3, 0.4) is 0 Å². The first-order valence-corrected chi connectivity index (χ1v) is 4.75. The number of hydrogen-bond donors (Lipinski definition) is 0. The van der Waals surface area contributed by atoms with E-state index in [1.165, 1.54) is 7.05 Å². The molecule has 1 atom stereocenters. The summed E-state index contributed by atoms with van der Waals surface area (Å²) in [6.07, 6.45) is 0.999. The molecule has 1 aromatic heterocycles. The van der Waals surface area contributed by atoms with Crippen LogP contribution in [0.2, 0.25) is 0 Å². The third-order valence-electron chi connectivity index (χ3n) is 2.09. The minimum atomic E-state index is -1.34. The van der Waals surface area contributed by atoms with Crippen molar-refractivity contribution < 1.29 is 14.5 Å². The van der Waals surface area contributed by atoms with Gasteiger partial charge in [-0.25, -0.2) is 0 Å². The van der Waals surface area contributed by atoms with Gasteiger partial charge in [-0.1, -0.05) is 0 Å². The summed E-state index contributed by atoms with van der Waals surface area (Å²) in [6.45, 7) is 1.69. The molecular weight excluding hydrogens is 228 g/mol. The molecule has 8 nitrogen and oxygen atoms in total. The topological polar surface area (TPSA) is 111 Å². The second-order valence-electron chi connectivity index (χ2n) is 3.11. The number of carbonyl (C=O) groups is 1. The number of nitrogens with zero attached hydrogens (tertiary/aromatic N) is 4. The standard InChI is InChI=1S/C9H10N4O4/c1-3-17-9(14)6(4-10)8-7(13(15)16)5-11-12(8)2/h5-6H,3H2,1-2H3. The highest BCUT2D eigenvalue weighted by Gasteiger charge is 2.33. The van der Waals surface area contributed by atoms with E-state index in [0.717, 1.165) is 10.9 Å². The normalized spacial score (nSPS) is 11.6. The van der Waals surface area contributed by atoms with Gasteiger partial charge in [0.05, 0.1) is 17.6 Å². The van der Waals surface area contributed by atoms with Crippen molar-refractivity contribution in [2.75, 3.05) is 6.61 Å². The summed E-state index contributed by atoms with van der Waals surface area (Å²) in [5.41, 5.74) is -0.442. The van der Waals surface area contributed by atoms with Crippen LogP contribution in [-0.2, 0) is 16.6 Å². The molecule has 0 saturated heterocycles. The Bertz CT molecular complexity index is 488. The number of rotatable bonds is 4. The van der Waals surface area contributed by atoms with Gasteiger partial charge in [-0.3, -0.25) is 19.6 Å². The van der Waals surface area contributed by atoms with Crippen molar-refractivity contribution in [3.8, 4) is 6.07 Å². The van der Waals surface area contributed by atoms with Crippen LogP contribution >= 0.6 is 0 Å². The first-order chi connectivity index (χ1) is 8.02. The summed E-state index contributed by atoms with van der Waals surface area (Å²) >= 11 is 0. The zero-order chi connectivity index (χ0) is 13.0. The Balaban J connectivity index is 3.21. The fourth-order valence-electron chi connectivity index (χ4n) is 1.36. The fourth-order valence-corrected chi connectivity index (χ4v) is 1.36. The number of esters is 1. The highest BCUT2D eigenvalue weighted by Crippen LogP contribution is 2.26. The van der Waals surface area contributed by atoms with Gasteiger partial charge in [0, 0.05) is 7.05 Å². The lowest BCUT2D eigenvalue weighted by Gasteiger charge is -2.07. The number of aromatic nitrogens is 2. The molecule has 17 heavy (non-hydrogen) atoms. The molecule has 0 fully saturated rings. The van der Waals surface area contributed by atoms with Gasteiger partial charge in [0.2, 0.25) is 0 Å².